The number of para-hydroxylation sites is 1. The van der Waals surface area contributed by atoms with Gasteiger partial charge in [-0.1, -0.05) is 18.2 Å². The fraction of sp³-hybridized carbons (Fsp3) is 0.167. The van der Waals surface area contributed by atoms with Gasteiger partial charge in [-0.15, -0.1) is 0 Å². The Labute approximate surface area is 93.0 Å². The quantitative estimate of drug-likeness (QED) is 0.520. The zero-order valence-corrected chi connectivity index (χ0v) is 8.54. The van der Waals surface area contributed by atoms with Crippen LogP contribution in [-0.2, 0) is 0 Å². The first kappa shape index (κ1) is 10.7. The predicted octanol–water partition coefficient (Wildman–Crippen LogP) is 0.569. The number of hydrogen-bond donors (Lipinski definition) is 4. The maximum absolute atomic E-state index is 9.79. The summed E-state index contributed by atoms with van der Waals surface area (Å²) in [7, 11) is 0. The minimum Gasteiger partial charge on any atom is -0.508 e. The van der Waals surface area contributed by atoms with Gasteiger partial charge in [0.25, 0.3) is 0 Å². The molecule has 1 aliphatic carbocycles. The third kappa shape index (κ3) is 1.80. The largest absolute Gasteiger partial charge is 0.508 e. The Bertz CT molecular complexity index is 463. The van der Waals surface area contributed by atoms with Crippen LogP contribution < -0.4 is 5.73 Å². The first-order chi connectivity index (χ1) is 7.50. The lowest BCUT2D eigenvalue weighted by Crippen LogP contribution is -2.35. The van der Waals surface area contributed by atoms with Gasteiger partial charge in [0.05, 0.1) is 5.92 Å². The first-order valence-corrected chi connectivity index (χ1v) is 4.90. The van der Waals surface area contributed by atoms with Crippen LogP contribution in [0.15, 0.2) is 48.2 Å². The Hall–Kier alpha value is -1.78. The maximum atomic E-state index is 9.79. The summed E-state index contributed by atoms with van der Waals surface area (Å²) in [6, 6.07) is 6.51. The number of nitrogens with two attached hydrogens (primary N) is 1. The first-order valence-electron chi connectivity index (χ1n) is 4.90. The van der Waals surface area contributed by atoms with E-state index >= 15 is 0 Å². The topological polar surface area (TPSA) is 86.7 Å². The zero-order valence-electron chi connectivity index (χ0n) is 8.54. The van der Waals surface area contributed by atoms with Gasteiger partial charge in [0.1, 0.15) is 5.75 Å². The molecule has 16 heavy (non-hydrogen) atoms. The highest BCUT2D eigenvalue weighted by Gasteiger charge is 2.35. The Kier molecular flexibility index (Phi) is 2.46. The number of hydrogen-bond acceptors (Lipinski definition) is 4. The third-order valence-corrected chi connectivity index (χ3v) is 2.61. The number of aliphatic hydroxyl groups is 2. The number of benzene rings is 1. The molecule has 2 rings (SSSR count). The fourth-order valence-electron chi connectivity index (χ4n) is 1.76. The minimum absolute atomic E-state index is 0.0133. The number of phenolic OH excluding ortho intramolecular Hbond substituents is 1. The van der Waals surface area contributed by atoms with Crippen molar-refractivity contribution in [2.45, 2.75) is 11.7 Å². The van der Waals surface area contributed by atoms with E-state index in [-0.39, 0.29) is 5.75 Å². The van der Waals surface area contributed by atoms with Crippen molar-refractivity contribution in [3.63, 3.8) is 0 Å². The van der Waals surface area contributed by atoms with Crippen molar-refractivity contribution in [2.75, 3.05) is 0 Å². The molecule has 0 radical (unpaired) electrons. The van der Waals surface area contributed by atoms with Crippen LogP contribution in [0.3, 0.4) is 0 Å². The van der Waals surface area contributed by atoms with Gasteiger partial charge in [0.15, 0.2) is 5.79 Å². The summed E-state index contributed by atoms with van der Waals surface area (Å²) < 4.78 is 0. The van der Waals surface area contributed by atoms with Crippen molar-refractivity contribution in [1.82, 2.24) is 0 Å². The standard InChI is InChI=1S/C12H13NO3/c13-8-5-6-12(15,16)10(7-8)9-3-1-2-4-11(9)14/h1-7,10,14-16H,13H2. The Morgan fingerprint density at radius 2 is 1.88 bits per heavy atom. The van der Waals surface area contributed by atoms with Crippen LogP contribution in [0.25, 0.3) is 0 Å². The van der Waals surface area contributed by atoms with Crippen molar-refractivity contribution < 1.29 is 15.3 Å². The van der Waals surface area contributed by atoms with Gasteiger partial charge in [0.2, 0.25) is 0 Å². The summed E-state index contributed by atoms with van der Waals surface area (Å²) >= 11 is 0. The summed E-state index contributed by atoms with van der Waals surface area (Å²) in [6.07, 6.45) is 4.14. The van der Waals surface area contributed by atoms with Crippen LogP contribution in [0, 0.1) is 0 Å². The van der Waals surface area contributed by atoms with E-state index in [1.54, 1.807) is 18.2 Å². The van der Waals surface area contributed by atoms with E-state index in [9.17, 15) is 15.3 Å². The molecule has 0 heterocycles. The van der Waals surface area contributed by atoms with E-state index in [1.807, 2.05) is 0 Å². The van der Waals surface area contributed by atoms with Crippen molar-refractivity contribution in [3.05, 3.63) is 53.8 Å². The number of rotatable bonds is 1. The summed E-state index contributed by atoms with van der Waals surface area (Å²) in [5.74, 6) is -2.78. The van der Waals surface area contributed by atoms with Crippen LogP contribution >= 0.6 is 0 Å². The Balaban J connectivity index is 2.48. The normalized spacial score (nSPS) is 22.9. The van der Waals surface area contributed by atoms with Gasteiger partial charge in [-0.3, -0.25) is 0 Å². The molecule has 0 bridgehead atoms. The Morgan fingerprint density at radius 1 is 1.19 bits per heavy atom. The molecule has 1 unspecified atom stereocenters. The highest BCUT2D eigenvalue weighted by Crippen LogP contribution is 2.36. The highest BCUT2D eigenvalue weighted by atomic mass is 16.5. The molecule has 0 spiro atoms. The van der Waals surface area contributed by atoms with Gasteiger partial charge in [0, 0.05) is 11.3 Å². The van der Waals surface area contributed by atoms with Gasteiger partial charge >= 0.3 is 0 Å². The monoisotopic (exact) mass is 219 g/mol. The van der Waals surface area contributed by atoms with Gasteiger partial charge in [-0.25, -0.2) is 0 Å². The number of phenols is 1. The predicted molar refractivity (Wildman–Crippen MR) is 59.4 cm³/mol. The molecule has 1 aromatic carbocycles. The molecule has 0 fully saturated rings. The second-order valence-electron chi connectivity index (χ2n) is 3.82. The molecular formula is C12H13NO3. The molecule has 0 saturated heterocycles. The summed E-state index contributed by atoms with van der Waals surface area (Å²) in [6.45, 7) is 0. The molecule has 4 nitrogen and oxygen atoms in total. The third-order valence-electron chi connectivity index (χ3n) is 2.61. The summed E-state index contributed by atoms with van der Waals surface area (Å²) in [4.78, 5) is 0. The average molecular weight is 219 g/mol. The minimum atomic E-state index is -2.03. The van der Waals surface area contributed by atoms with Crippen molar-refractivity contribution in [2.24, 2.45) is 5.73 Å². The summed E-state index contributed by atoms with van der Waals surface area (Å²) in [5, 5.41) is 29.2. The maximum Gasteiger partial charge on any atom is 0.193 e. The average Bonchev–Trinajstić information content (AvgIpc) is 2.23. The van der Waals surface area contributed by atoms with E-state index < -0.39 is 11.7 Å². The lowest BCUT2D eigenvalue weighted by molar-refractivity contribution is -0.129. The molecule has 1 atom stereocenters. The smallest absolute Gasteiger partial charge is 0.193 e. The van der Waals surface area contributed by atoms with E-state index in [4.69, 9.17) is 5.73 Å². The molecule has 84 valence electrons. The molecule has 0 aliphatic heterocycles. The number of allylic oxidation sites excluding steroid dienone is 1. The Morgan fingerprint density at radius 3 is 2.56 bits per heavy atom. The SMILES string of the molecule is NC1=CC(c2ccccc2O)C(O)(O)C=C1. The molecular weight excluding hydrogens is 206 g/mol. The molecule has 4 heteroatoms. The van der Waals surface area contributed by atoms with E-state index in [0.29, 0.717) is 11.3 Å². The van der Waals surface area contributed by atoms with Crippen molar-refractivity contribution in [1.29, 1.82) is 0 Å². The molecule has 0 saturated carbocycles. The zero-order chi connectivity index (χ0) is 11.8. The van der Waals surface area contributed by atoms with Crippen LogP contribution in [0.5, 0.6) is 5.75 Å². The molecule has 5 N–H and O–H groups in total. The summed E-state index contributed by atoms with van der Waals surface area (Å²) in [5.41, 5.74) is 6.47. The number of aromatic hydroxyl groups is 1. The van der Waals surface area contributed by atoms with E-state index in [0.717, 1.165) is 0 Å². The fourth-order valence-corrected chi connectivity index (χ4v) is 1.76. The van der Waals surface area contributed by atoms with Crippen LogP contribution in [0.2, 0.25) is 0 Å². The van der Waals surface area contributed by atoms with Crippen LogP contribution in [0.4, 0.5) is 0 Å². The van der Waals surface area contributed by atoms with Crippen molar-refractivity contribution in [3.8, 4) is 5.75 Å². The van der Waals surface area contributed by atoms with Gasteiger partial charge in [-0.05, 0) is 24.3 Å². The lowest BCUT2D eigenvalue weighted by atomic mass is 9.86. The van der Waals surface area contributed by atoms with Crippen LogP contribution in [-0.4, -0.2) is 21.1 Å². The lowest BCUT2D eigenvalue weighted by Gasteiger charge is -2.29. The van der Waals surface area contributed by atoms with E-state index in [2.05, 4.69) is 0 Å². The molecule has 0 aromatic heterocycles. The van der Waals surface area contributed by atoms with Gasteiger partial charge < -0.3 is 21.1 Å². The van der Waals surface area contributed by atoms with Gasteiger partial charge in [-0.2, -0.15) is 0 Å². The highest BCUT2D eigenvalue weighted by molar-refractivity contribution is 5.43. The van der Waals surface area contributed by atoms with E-state index in [1.165, 1.54) is 24.3 Å². The second-order valence-corrected chi connectivity index (χ2v) is 3.82. The molecule has 1 aromatic rings. The molecule has 0 amide bonds. The van der Waals surface area contributed by atoms with Crippen LogP contribution in [0.1, 0.15) is 11.5 Å². The second kappa shape index (κ2) is 3.66. The van der Waals surface area contributed by atoms with Crippen molar-refractivity contribution >= 4 is 0 Å². The molecule has 1 aliphatic rings.